The van der Waals surface area contributed by atoms with Crippen LogP contribution >= 0.6 is 21.6 Å². The lowest BCUT2D eigenvalue weighted by Gasteiger charge is -2.29. The molecule has 1 aliphatic heterocycles. The number of carbonyl (C=O) groups excluding carboxylic acids is 11. The van der Waals surface area contributed by atoms with Gasteiger partial charge in [-0.2, -0.15) is 0 Å². The molecule has 0 saturated carbocycles. The topological polar surface area (TPSA) is 472 Å². The predicted octanol–water partition coefficient (Wildman–Crippen LogP) is -4.48. The molecule has 1 fully saturated rings. The molecule has 0 aliphatic carbocycles. The Balaban J connectivity index is 4.02. The minimum Gasteiger partial charge on any atom is -0.481 e. The highest BCUT2D eigenvalue weighted by Crippen LogP contribution is 2.24. The van der Waals surface area contributed by atoms with Crippen molar-refractivity contribution in [1.29, 1.82) is 0 Å². The highest BCUT2D eigenvalue weighted by molar-refractivity contribution is 8.76. The van der Waals surface area contributed by atoms with Crippen molar-refractivity contribution in [2.75, 3.05) is 18.1 Å². The Bertz CT molecular complexity index is 2150. The summed E-state index contributed by atoms with van der Waals surface area (Å²) in [6.07, 6.45) is -2.35. The molecule has 1 rings (SSSR count). The molecule has 0 spiro atoms. The summed E-state index contributed by atoms with van der Waals surface area (Å²) in [5.74, 6) is -20.0. The maximum atomic E-state index is 14.2. The monoisotopic (exact) mass is 1120 g/mol. The van der Waals surface area contributed by atoms with Crippen molar-refractivity contribution in [2.45, 2.75) is 155 Å². The highest BCUT2D eigenvalue weighted by atomic mass is 33.1. The Morgan fingerprint density at radius 3 is 1.72 bits per heavy atom. The van der Waals surface area contributed by atoms with Crippen LogP contribution in [-0.4, -0.2) is 177 Å². The second-order valence-electron chi connectivity index (χ2n) is 18.8. The molecule has 428 valence electrons. The molecular weight excluding hydrogens is 1040 g/mol. The summed E-state index contributed by atoms with van der Waals surface area (Å²) < 4.78 is 0. The molecule has 0 aromatic carbocycles. The van der Waals surface area contributed by atoms with E-state index in [2.05, 4.69) is 53.2 Å². The predicted molar refractivity (Wildman–Crippen MR) is 273 cm³/mol. The molecule has 1 aliphatic rings. The van der Waals surface area contributed by atoms with Crippen molar-refractivity contribution >= 4 is 104 Å². The molecule has 76 heavy (non-hydrogen) atoms. The number of hydrogen-bond donors (Lipinski definition) is 15. The molecule has 31 heteroatoms. The zero-order valence-corrected chi connectivity index (χ0v) is 45.4. The first kappa shape index (κ1) is 67.3. The van der Waals surface area contributed by atoms with Crippen molar-refractivity contribution in [1.82, 2.24) is 53.2 Å². The molecule has 11 amide bonds. The van der Waals surface area contributed by atoms with E-state index in [0.29, 0.717) is 0 Å². The Labute approximate surface area is 446 Å². The molecule has 3 unspecified atom stereocenters. The van der Waals surface area contributed by atoms with E-state index in [9.17, 15) is 82.4 Å². The molecule has 12 atom stereocenters. The lowest BCUT2D eigenvalue weighted by Crippen LogP contribution is -2.61. The highest BCUT2D eigenvalue weighted by Gasteiger charge is 2.38. The van der Waals surface area contributed by atoms with Crippen LogP contribution in [0.15, 0.2) is 0 Å². The van der Waals surface area contributed by atoms with Crippen LogP contribution in [0, 0.1) is 23.7 Å². The van der Waals surface area contributed by atoms with Crippen LogP contribution in [0.2, 0.25) is 0 Å². The van der Waals surface area contributed by atoms with Gasteiger partial charge in [-0.1, -0.05) is 89.8 Å². The first-order valence-electron chi connectivity index (χ1n) is 24.3. The number of amides is 11. The first-order chi connectivity index (χ1) is 35.3. The number of carbonyl (C=O) groups is 14. The van der Waals surface area contributed by atoms with E-state index in [0.717, 1.165) is 21.6 Å². The third kappa shape index (κ3) is 23.0. The largest absolute Gasteiger partial charge is 0.481 e. The zero-order valence-electron chi connectivity index (χ0n) is 43.8. The van der Waals surface area contributed by atoms with Crippen molar-refractivity contribution in [2.24, 2.45) is 35.1 Å². The van der Waals surface area contributed by atoms with Crippen LogP contribution in [0.3, 0.4) is 0 Å². The van der Waals surface area contributed by atoms with Gasteiger partial charge in [0, 0.05) is 11.5 Å². The maximum absolute atomic E-state index is 14.2. The fraction of sp³-hybridized carbons (Fsp3) is 0.689. The smallest absolute Gasteiger partial charge is 0.326 e. The molecule has 0 radical (unpaired) electrons. The van der Waals surface area contributed by atoms with E-state index >= 15 is 0 Å². The fourth-order valence-corrected chi connectivity index (χ4v) is 9.20. The minimum atomic E-state index is -1.95. The molecular formula is C45H74N12O17S2. The Kier molecular flexibility index (Phi) is 28.9. The van der Waals surface area contributed by atoms with Crippen molar-refractivity contribution in [3.63, 3.8) is 0 Å². The van der Waals surface area contributed by atoms with Crippen LogP contribution in [0.25, 0.3) is 0 Å². The second kappa shape index (κ2) is 32.6. The number of primary amides is 1. The summed E-state index contributed by atoms with van der Waals surface area (Å²) >= 11 is 0. The van der Waals surface area contributed by atoms with Crippen molar-refractivity contribution in [3.05, 3.63) is 0 Å². The Morgan fingerprint density at radius 1 is 0.632 bits per heavy atom. The van der Waals surface area contributed by atoms with Gasteiger partial charge < -0.3 is 80.0 Å². The average molecular weight is 1120 g/mol. The van der Waals surface area contributed by atoms with Gasteiger partial charge in [-0.15, -0.1) is 0 Å². The van der Waals surface area contributed by atoms with Gasteiger partial charge in [0.1, 0.15) is 54.4 Å². The molecule has 0 aromatic heterocycles. The summed E-state index contributed by atoms with van der Waals surface area (Å²) in [5, 5.41) is 52.8. The van der Waals surface area contributed by atoms with Crippen LogP contribution < -0.4 is 64.6 Å². The van der Waals surface area contributed by atoms with Gasteiger partial charge in [-0.3, -0.25) is 62.3 Å². The number of carboxylic acid groups (broad SMARTS) is 3. The standard InChI is InChI=1S/C45H74N12O17S2/c1-10-20(7)34-44(72)51-24(13-30(60)61)37(65)52-26(41(69)57-35(45(73)74)21(8)11-2)16-75-76-17-27(53-43(71)33(19(5)6)55-39(67)25(14-31(62)63)50-36(64)22(9)46)40(68)54-32(18(3)4)42(70)48-15-29(59)49-23(12-28(47)58)38(66)56-34/h18-27,32-35H,10-17,46H2,1-9H3,(H2,47,58)(H,48,70)(H,49,59)(H,50,64)(H,51,72)(H,52,65)(H,53,71)(H,54,68)(H,55,67)(H,56,66)(H,57,69)(H,60,61)(H,62,63)(H,73,74)/t20-,21-,22-,23-,24?,25-,26?,27?,32-,33-,34-,35-/m0/s1. The van der Waals surface area contributed by atoms with Crippen LogP contribution in [0.4, 0.5) is 0 Å². The molecule has 29 nitrogen and oxygen atoms in total. The second-order valence-corrected chi connectivity index (χ2v) is 21.4. The minimum absolute atomic E-state index is 0.197. The van der Waals surface area contributed by atoms with E-state index in [1.54, 1.807) is 13.8 Å². The van der Waals surface area contributed by atoms with Gasteiger partial charge in [0.05, 0.1) is 31.8 Å². The fourth-order valence-electron chi connectivity index (χ4n) is 6.87. The summed E-state index contributed by atoms with van der Waals surface area (Å²) in [6, 6.07) is -15.9. The van der Waals surface area contributed by atoms with E-state index in [1.807, 2.05) is 0 Å². The van der Waals surface area contributed by atoms with Gasteiger partial charge >= 0.3 is 17.9 Å². The number of carboxylic acids is 3. The van der Waals surface area contributed by atoms with E-state index < -0.39 is 204 Å². The number of aliphatic carboxylic acids is 3. The van der Waals surface area contributed by atoms with Gasteiger partial charge in [0.2, 0.25) is 65.0 Å². The lowest BCUT2D eigenvalue weighted by atomic mass is 9.97. The number of hydrogen-bond acceptors (Lipinski definition) is 17. The summed E-state index contributed by atoms with van der Waals surface area (Å²) in [4.78, 5) is 185. The van der Waals surface area contributed by atoms with Gasteiger partial charge in [0.15, 0.2) is 0 Å². The zero-order chi connectivity index (χ0) is 58.3. The number of nitrogens with two attached hydrogens (primary N) is 2. The van der Waals surface area contributed by atoms with Gasteiger partial charge in [-0.25, -0.2) is 4.79 Å². The SMILES string of the molecule is CC[C@H](C)[C@H](NC(=O)C1CSSCC(NC(=O)[C@@H](NC(=O)[C@H](CC(=O)O)NC(=O)[C@H](C)N)C(C)C)C(=O)N[C@@H](C(C)C)C(=O)NCC(=O)N[C@@H](CC(N)=O)C(=O)N[C@@H]([C@@H](C)CC)C(=O)NC(CC(=O)O)C(=O)N1)C(=O)O. The van der Waals surface area contributed by atoms with Crippen LogP contribution in [-0.2, 0) is 67.1 Å². The van der Waals surface area contributed by atoms with Crippen molar-refractivity contribution in [3.8, 4) is 0 Å². The molecule has 1 saturated heterocycles. The first-order valence-corrected chi connectivity index (χ1v) is 26.8. The van der Waals surface area contributed by atoms with E-state index in [1.165, 1.54) is 48.5 Å². The molecule has 17 N–H and O–H groups in total. The average Bonchev–Trinajstić information content (AvgIpc) is 3.32. The van der Waals surface area contributed by atoms with Crippen molar-refractivity contribution < 1.29 is 82.4 Å². The Hall–Kier alpha value is -6.76. The third-order valence-electron chi connectivity index (χ3n) is 11.8. The number of rotatable bonds is 21. The third-order valence-corrected chi connectivity index (χ3v) is 14.2. The summed E-state index contributed by atoms with van der Waals surface area (Å²) in [7, 11) is 1.59. The normalized spacial score (nSPS) is 23.2. The summed E-state index contributed by atoms with van der Waals surface area (Å²) in [5.41, 5.74) is 11.0. The molecule has 1 heterocycles. The van der Waals surface area contributed by atoms with Crippen LogP contribution in [0.5, 0.6) is 0 Å². The van der Waals surface area contributed by atoms with E-state index in [-0.39, 0.29) is 12.8 Å². The van der Waals surface area contributed by atoms with E-state index in [4.69, 9.17) is 11.5 Å². The van der Waals surface area contributed by atoms with Crippen LogP contribution in [0.1, 0.15) is 94.4 Å². The molecule has 0 bridgehead atoms. The molecule has 0 aromatic rings. The maximum Gasteiger partial charge on any atom is 0.326 e. The number of nitrogens with one attached hydrogen (secondary N) is 10. The van der Waals surface area contributed by atoms with Gasteiger partial charge in [-0.05, 0) is 30.6 Å². The quantitative estimate of drug-likeness (QED) is 0.0482. The summed E-state index contributed by atoms with van der Waals surface area (Å²) in [6.45, 7) is 12.8. The lowest BCUT2D eigenvalue weighted by molar-refractivity contribution is -0.144. The Morgan fingerprint density at radius 2 is 1.21 bits per heavy atom. The van der Waals surface area contributed by atoms with Gasteiger partial charge in [0.25, 0.3) is 0 Å².